The van der Waals surface area contributed by atoms with Crippen molar-refractivity contribution < 1.29 is 23.1 Å². The third-order valence-electron chi connectivity index (χ3n) is 6.37. The van der Waals surface area contributed by atoms with Crippen molar-refractivity contribution in [1.29, 1.82) is 0 Å². The van der Waals surface area contributed by atoms with Gasteiger partial charge in [-0.15, -0.1) is 0 Å². The second-order valence-corrected chi connectivity index (χ2v) is 8.37. The predicted octanol–water partition coefficient (Wildman–Crippen LogP) is 5.41. The van der Waals surface area contributed by atoms with Crippen molar-refractivity contribution in [2.75, 3.05) is 24.3 Å². The molecule has 2 fully saturated rings. The van der Waals surface area contributed by atoms with Gasteiger partial charge in [0.15, 0.2) is 0 Å². The van der Waals surface area contributed by atoms with Crippen LogP contribution in [0.4, 0.5) is 25.0 Å². The van der Waals surface area contributed by atoms with Gasteiger partial charge in [-0.25, -0.2) is 13.6 Å². The number of nitrogens with zero attached hydrogens (tertiary/aromatic N) is 1. The number of nitrogens with one attached hydrogen (secondary N) is 2. The fourth-order valence-corrected chi connectivity index (χ4v) is 4.85. The third-order valence-corrected chi connectivity index (χ3v) is 6.37. The first-order valence-electron chi connectivity index (χ1n) is 11.0. The number of methoxy groups -OCH3 is 1. The van der Waals surface area contributed by atoms with Gasteiger partial charge in [0.25, 0.3) is 5.91 Å². The summed E-state index contributed by atoms with van der Waals surface area (Å²) >= 11 is 0. The second kappa shape index (κ2) is 9.54. The van der Waals surface area contributed by atoms with Gasteiger partial charge in [-0.1, -0.05) is 12.8 Å². The Labute approximate surface area is 185 Å². The molecule has 32 heavy (non-hydrogen) atoms. The van der Waals surface area contributed by atoms with Gasteiger partial charge < -0.3 is 20.3 Å². The molecule has 4 rings (SSSR count). The maximum atomic E-state index is 13.8. The van der Waals surface area contributed by atoms with Gasteiger partial charge >= 0.3 is 6.03 Å². The molecule has 8 heteroatoms. The van der Waals surface area contributed by atoms with E-state index in [1.807, 2.05) is 4.90 Å². The van der Waals surface area contributed by atoms with Crippen molar-refractivity contribution in [3.63, 3.8) is 0 Å². The number of carbonyl (C=O) groups is 2. The van der Waals surface area contributed by atoms with Crippen LogP contribution in [0.2, 0.25) is 0 Å². The van der Waals surface area contributed by atoms with Gasteiger partial charge in [0.1, 0.15) is 17.4 Å². The molecule has 0 unspecified atom stereocenters. The number of amides is 3. The third kappa shape index (κ3) is 4.69. The number of urea groups is 1. The van der Waals surface area contributed by atoms with Crippen LogP contribution in [-0.4, -0.2) is 36.5 Å². The van der Waals surface area contributed by atoms with E-state index in [0.29, 0.717) is 29.0 Å². The van der Waals surface area contributed by atoms with E-state index in [0.717, 1.165) is 37.9 Å². The van der Waals surface area contributed by atoms with E-state index in [4.69, 9.17) is 4.74 Å². The number of carbonyl (C=O) groups excluding carboxylic acids is 2. The largest absolute Gasteiger partial charge is 0.496 e. The average Bonchev–Trinajstić information content (AvgIpc) is 2.80. The Morgan fingerprint density at radius 3 is 2.56 bits per heavy atom. The first-order chi connectivity index (χ1) is 15.5. The molecule has 1 heterocycles. The molecule has 2 N–H and O–H groups in total. The number of likely N-dealkylation sites (tertiary alicyclic amines) is 1. The minimum Gasteiger partial charge on any atom is -0.496 e. The minimum atomic E-state index is -0.874. The quantitative estimate of drug-likeness (QED) is 0.664. The molecule has 2 atom stereocenters. The van der Waals surface area contributed by atoms with Crippen molar-refractivity contribution in [1.82, 2.24) is 4.90 Å². The molecule has 1 saturated heterocycles. The second-order valence-electron chi connectivity index (χ2n) is 8.37. The molecule has 0 bridgehead atoms. The summed E-state index contributed by atoms with van der Waals surface area (Å²) in [5.74, 6) is -0.724. The summed E-state index contributed by atoms with van der Waals surface area (Å²) in [5.41, 5.74) is 0.691. The summed E-state index contributed by atoms with van der Waals surface area (Å²) in [7, 11) is 1.48. The highest BCUT2D eigenvalue weighted by molar-refractivity contribution is 6.01. The van der Waals surface area contributed by atoms with Crippen LogP contribution >= 0.6 is 0 Å². The molecule has 0 aromatic heterocycles. The summed E-state index contributed by atoms with van der Waals surface area (Å²) in [6.07, 6.45) is 6.79. The maximum Gasteiger partial charge on any atom is 0.323 e. The Kier molecular flexibility index (Phi) is 6.58. The maximum absolute atomic E-state index is 13.8. The van der Waals surface area contributed by atoms with Crippen LogP contribution in [0.5, 0.6) is 5.75 Å². The number of piperidine rings is 1. The van der Waals surface area contributed by atoms with Crippen molar-refractivity contribution in [2.24, 2.45) is 5.92 Å². The molecule has 170 valence electrons. The van der Waals surface area contributed by atoms with Crippen LogP contribution in [0.1, 0.15) is 48.9 Å². The molecule has 0 spiro atoms. The Balaban J connectivity index is 1.47. The predicted molar refractivity (Wildman–Crippen MR) is 118 cm³/mol. The highest BCUT2D eigenvalue weighted by atomic mass is 19.1. The van der Waals surface area contributed by atoms with E-state index in [1.165, 1.54) is 26.4 Å². The van der Waals surface area contributed by atoms with Crippen LogP contribution < -0.4 is 15.4 Å². The van der Waals surface area contributed by atoms with Gasteiger partial charge in [0.05, 0.1) is 18.4 Å². The number of halogens is 2. The Hall–Kier alpha value is -3.16. The smallest absolute Gasteiger partial charge is 0.323 e. The first kappa shape index (κ1) is 22.0. The molecule has 1 saturated carbocycles. The fourth-order valence-electron chi connectivity index (χ4n) is 4.85. The molecular formula is C24H27F2N3O3. The topological polar surface area (TPSA) is 70.7 Å². The summed E-state index contributed by atoms with van der Waals surface area (Å²) < 4.78 is 32.2. The van der Waals surface area contributed by atoms with E-state index in [-0.39, 0.29) is 17.6 Å². The summed E-state index contributed by atoms with van der Waals surface area (Å²) in [6, 6.07) is 7.29. The number of fused-ring (bicyclic) bond motifs is 1. The number of benzene rings is 2. The zero-order valence-electron chi connectivity index (χ0n) is 18.0. The van der Waals surface area contributed by atoms with Gasteiger partial charge in [0, 0.05) is 30.4 Å². The van der Waals surface area contributed by atoms with Gasteiger partial charge in [-0.05, 0) is 55.9 Å². The molecule has 2 aliphatic rings. The van der Waals surface area contributed by atoms with E-state index in [9.17, 15) is 18.4 Å². The molecule has 3 amide bonds. The standard InChI is InChI=1S/C24H27F2N3O3/c1-32-22-14-17(27-24(31)28-20-11-8-16(25)13-19(20)26)9-10-18(22)23(30)29-12-4-6-15-5-2-3-7-21(15)29/h8-11,13-15,21H,2-7,12H2,1H3,(H2,27,28,31)/t15-,21-/m1/s1. The van der Waals surface area contributed by atoms with Gasteiger partial charge in [0.2, 0.25) is 0 Å². The first-order valence-corrected chi connectivity index (χ1v) is 11.0. The summed E-state index contributed by atoms with van der Waals surface area (Å²) in [5, 5.41) is 4.92. The zero-order valence-corrected chi connectivity index (χ0v) is 18.0. The van der Waals surface area contributed by atoms with Crippen LogP contribution in [0.25, 0.3) is 0 Å². The minimum absolute atomic E-state index is 0.0529. The summed E-state index contributed by atoms with van der Waals surface area (Å²) in [4.78, 5) is 27.6. The lowest BCUT2D eigenvalue weighted by Gasteiger charge is -2.44. The Morgan fingerprint density at radius 1 is 1.00 bits per heavy atom. The number of hydrogen-bond donors (Lipinski definition) is 2. The SMILES string of the molecule is COc1cc(NC(=O)Nc2ccc(F)cc2F)ccc1C(=O)N1CCC[C@H]2CCCC[C@H]21. The van der Waals surface area contributed by atoms with E-state index in [1.54, 1.807) is 18.2 Å². The molecule has 0 radical (unpaired) electrons. The van der Waals surface area contributed by atoms with Gasteiger partial charge in [-0.3, -0.25) is 4.79 Å². The molecule has 2 aromatic rings. The Bertz CT molecular complexity index is 1010. The Morgan fingerprint density at radius 2 is 1.78 bits per heavy atom. The molecule has 6 nitrogen and oxygen atoms in total. The number of ether oxygens (including phenoxy) is 1. The fraction of sp³-hybridized carbons (Fsp3) is 0.417. The van der Waals surface area contributed by atoms with E-state index < -0.39 is 17.7 Å². The van der Waals surface area contributed by atoms with E-state index in [2.05, 4.69) is 10.6 Å². The van der Waals surface area contributed by atoms with Gasteiger partial charge in [-0.2, -0.15) is 0 Å². The monoisotopic (exact) mass is 443 g/mol. The van der Waals surface area contributed by atoms with Crippen molar-refractivity contribution in [2.45, 2.75) is 44.6 Å². The molecule has 1 aliphatic heterocycles. The van der Waals surface area contributed by atoms with Crippen LogP contribution in [0, 0.1) is 17.6 Å². The lowest BCUT2D eigenvalue weighted by Crippen LogP contribution is -2.49. The summed E-state index contributed by atoms with van der Waals surface area (Å²) in [6.45, 7) is 0.745. The lowest BCUT2D eigenvalue weighted by atomic mass is 9.78. The highest BCUT2D eigenvalue weighted by Gasteiger charge is 2.36. The molecule has 1 aliphatic carbocycles. The zero-order chi connectivity index (χ0) is 22.7. The van der Waals surface area contributed by atoms with E-state index >= 15 is 0 Å². The van der Waals surface area contributed by atoms with Crippen LogP contribution in [0.3, 0.4) is 0 Å². The number of anilines is 2. The van der Waals surface area contributed by atoms with Crippen molar-refractivity contribution in [3.8, 4) is 5.75 Å². The van der Waals surface area contributed by atoms with Crippen molar-refractivity contribution in [3.05, 3.63) is 53.6 Å². The number of hydrogen-bond acceptors (Lipinski definition) is 3. The average molecular weight is 443 g/mol. The highest BCUT2D eigenvalue weighted by Crippen LogP contribution is 2.37. The lowest BCUT2D eigenvalue weighted by molar-refractivity contribution is 0.0388. The van der Waals surface area contributed by atoms with Crippen molar-refractivity contribution >= 4 is 23.3 Å². The molecule has 2 aromatic carbocycles. The van der Waals surface area contributed by atoms with Crippen LogP contribution in [-0.2, 0) is 0 Å². The number of rotatable bonds is 4. The normalized spacial score (nSPS) is 20.3. The molecular weight excluding hydrogens is 416 g/mol. The van der Waals surface area contributed by atoms with Crippen LogP contribution in [0.15, 0.2) is 36.4 Å².